The first-order valence-electron chi connectivity index (χ1n) is 7.77. The summed E-state index contributed by atoms with van der Waals surface area (Å²) in [5.41, 5.74) is 3.46. The van der Waals surface area contributed by atoms with Crippen molar-refractivity contribution in [2.45, 2.75) is 37.6 Å². The van der Waals surface area contributed by atoms with Crippen molar-refractivity contribution in [1.82, 2.24) is 15.0 Å². The second-order valence-electron chi connectivity index (χ2n) is 5.95. The molecule has 0 saturated heterocycles. The lowest BCUT2D eigenvalue weighted by atomic mass is 9.76. The van der Waals surface area contributed by atoms with Crippen molar-refractivity contribution in [2.24, 2.45) is 0 Å². The van der Waals surface area contributed by atoms with Crippen LogP contribution in [0.25, 0.3) is 11.0 Å². The second-order valence-corrected chi connectivity index (χ2v) is 5.95. The summed E-state index contributed by atoms with van der Waals surface area (Å²) in [5.74, 6) is 0. The largest absolute Gasteiger partial charge is 0.234 e. The standard InChI is InChI=1S/C18H19N3/c1-3-9-15(10-4-1)18(13-7-2-8-14-18)21-17-12-6-5-11-16(17)19-20-21/h1,3-6,9-12H,2,7-8,13-14H2. The zero-order valence-corrected chi connectivity index (χ0v) is 12.1. The molecule has 1 aliphatic rings. The van der Waals surface area contributed by atoms with Gasteiger partial charge in [0.15, 0.2) is 0 Å². The van der Waals surface area contributed by atoms with Crippen molar-refractivity contribution >= 4 is 11.0 Å². The third-order valence-electron chi connectivity index (χ3n) is 4.75. The first-order valence-corrected chi connectivity index (χ1v) is 7.77. The molecule has 0 unspecified atom stereocenters. The van der Waals surface area contributed by atoms with E-state index in [1.807, 2.05) is 12.1 Å². The van der Waals surface area contributed by atoms with E-state index < -0.39 is 0 Å². The van der Waals surface area contributed by atoms with Crippen LogP contribution in [0.2, 0.25) is 0 Å². The van der Waals surface area contributed by atoms with E-state index in [9.17, 15) is 0 Å². The fourth-order valence-electron chi connectivity index (χ4n) is 3.69. The van der Waals surface area contributed by atoms with E-state index in [-0.39, 0.29) is 5.54 Å². The summed E-state index contributed by atoms with van der Waals surface area (Å²) >= 11 is 0. The van der Waals surface area contributed by atoms with Crippen molar-refractivity contribution in [1.29, 1.82) is 0 Å². The molecule has 0 spiro atoms. The van der Waals surface area contributed by atoms with Crippen LogP contribution in [0, 0.1) is 0 Å². The van der Waals surface area contributed by atoms with Crippen molar-refractivity contribution in [2.75, 3.05) is 0 Å². The first-order chi connectivity index (χ1) is 10.4. The van der Waals surface area contributed by atoms with E-state index in [2.05, 4.69) is 57.5 Å². The van der Waals surface area contributed by atoms with Crippen LogP contribution in [-0.2, 0) is 5.54 Å². The number of nitrogens with zero attached hydrogens (tertiary/aromatic N) is 3. The van der Waals surface area contributed by atoms with E-state index >= 15 is 0 Å². The third kappa shape index (κ3) is 1.96. The monoisotopic (exact) mass is 277 g/mol. The second kappa shape index (κ2) is 4.99. The Hall–Kier alpha value is -2.16. The average molecular weight is 277 g/mol. The zero-order valence-electron chi connectivity index (χ0n) is 12.1. The predicted octanol–water partition coefficient (Wildman–Crippen LogP) is 4.14. The number of benzene rings is 2. The molecule has 3 aromatic rings. The number of fused-ring (bicyclic) bond motifs is 1. The highest BCUT2D eigenvalue weighted by Crippen LogP contribution is 2.41. The minimum atomic E-state index is -0.0321. The number of para-hydroxylation sites is 1. The molecule has 1 aliphatic carbocycles. The maximum atomic E-state index is 4.53. The lowest BCUT2D eigenvalue weighted by Crippen LogP contribution is -2.38. The molecule has 2 aromatic carbocycles. The summed E-state index contributed by atoms with van der Waals surface area (Å²) in [5, 5.41) is 8.91. The van der Waals surface area contributed by atoms with Gasteiger partial charge in [0.25, 0.3) is 0 Å². The lowest BCUT2D eigenvalue weighted by Gasteiger charge is -2.38. The van der Waals surface area contributed by atoms with Gasteiger partial charge < -0.3 is 0 Å². The molecule has 0 bridgehead atoms. The molecule has 1 saturated carbocycles. The molecular formula is C18H19N3. The van der Waals surface area contributed by atoms with Gasteiger partial charge in [0, 0.05) is 0 Å². The fourth-order valence-corrected chi connectivity index (χ4v) is 3.69. The highest BCUT2D eigenvalue weighted by Gasteiger charge is 2.37. The van der Waals surface area contributed by atoms with Gasteiger partial charge in [-0.05, 0) is 30.5 Å². The van der Waals surface area contributed by atoms with Gasteiger partial charge in [0.05, 0.1) is 11.1 Å². The Labute approximate surface area is 124 Å². The maximum Gasteiger partial charge on any atom is 0.113 e. The Kier molecular flexibility index (Phi) is 2.99. The molecule has 4 rings (SSSR count). The number of hydrogen-bond donors (Lipinski definition) is 0. The SMILES string of the molecule is c1ccc(C2(n3nnc4ccccc43)CCCCC2)cc1. The van der Waals surface area contributed by atoms with E-state index in [0.29, 0.717) is 0 Å². The van der Waals surface area contributed by atoms with E-state index in [1.165, 1.54) is 24.8 Å². The molecule has 3 heteroatoms. The molecule has 0 amide bonds. The summed E-state index contributed by atoms with van der Waals surface area (Å²) in [4.78, 5) is 0. The minimum Gasteiger partial charge on any atom is -0.234 e. The van der Waals surface area contributed by atoms with Crippen LogP contribution in [0.3, 0.4) is 0 Å². The molecule has 0 radical (unpaired) electrons. The Bertz CT molecular complexity index is 739. The van der Waals surface area contributed by atoms with Gasteiger partial charge in [-0.1, -0.05) is 66.9 Å². The van der Waals surface area contributed by atoms with E-state index in [4.69, 9.17) is 0 Å². The van der Waals surface area contributed by atoms with Gasteiger partial charge in [-0.25, -0.2) is 4.68 Å². The van der Waals surface area contributed by atoms with E-state index in [1.54, 1.807) is 0 Å². The molecule has 106 valence electrons. The lowest BCUT2D eigenvalue weighted by molar-refractivity contribution is 0.227. The highest BCUT2D eigenvalue weighted by molar-refractivity contribution is 5.74. The van der Waals surface area contributed by atoms with Gasteiger partial charge in [-0.3, -0.25) is 0 Å². The highest BCUT2D eigenvalue weighted by atomic mass is 15.5. The smallest absolute Gasteiger partial charge is 0.113 e. The Balaban J connectivity index is 1.94. The summed E-state index contributed by atoms with van der Waals surface area (Å²) < 4.78 is 2.18. The average Bonchev–Trinajstić information content (AvgIpc) is 3.01. The molecule has 0 aliphatic heterocycles. The summed E-state index contributed by atoms with van der Waals surface area (Å²) in [6.45, 7) is 0. The first kappa shape index (κ1) is 12.6. The van der Waals surface area contributed by atoms with Crippen LogP contribution >= 0.6 is 0 Å². The Morgan fingerprint density at radius 1 is 0.810 bits per heavy atom. The van der Waals surface area contributed by atoms with Gasteiger partial charge >= 0.3 is 0 Å². The zero-order chi connectivity index (χ0) is 14.1. The molecule has 1 fully saturated rings. The van der Waals surface area contributed by atoms with Crippen LogP contribution in [0.4, 0.5) is 0 Å². The quantitative estimate of drug-likeness (QED) is 0.705. The number of hydrogen-bond acceptors (Lipinski definition) is 2. The molecular weight excluding hydrogens is 258 g/mol. The summed E-state index contributed by atoms with van der Waals surface area (Å²) in [6.07, 6.45) is 6.11. The van der Waals surface area contributed by atoms with Gasteiger partial charge in [0.2, 0.25) is 0 Å². The molecule has 0 atom stereocenters. The van der Waals surface area contributed by atoms with E-state index in [0.717, 1.165) is 23.9 Å². The summed E-state index contributed by atoms with van der Waals surface area (Å²) in [7, 11) is 0. The Morgan fingerprint density at radius 3 is 2.33 bits per heavy atom. The molecule has 0 N–H and O–H groups in total. The van der Waals surface area contributed by atoms with Gasteiger partial charge in [0.1, 0.15) is 5.52 Å². The van der Waals surface area contributed by atoms with Crippen LogP contribution in [0.1, 0.15) is 37.7 Å². The van der Waals surface area contributed by atoms with Crippen molar-refractivity contribution < 1.29 is 0 Å². The van der Waals surface area contributed by atoms with Crippen LogP contribution in [-0.4, -0.2) is 15.0 Å². The third-order valence-corrected chi connectivity index (χ3v) is 4.75. The predicted molar refractivity (Wildman–Crippen MR) is 84.1 cm³/mol. The van der Waals surface area contributed by atoms with Crippen LogP contribution in [0.15, 0.2) is 54.6 Å². The van der Waals surface area contributed by atoms with Crippen LogP contribution in [0.5, 0.6) is 0 Å². The molecule has 3 nitrogen and oxygen atoms in total. The maximum absolute atomic E-state index is 4.53. The Morgan fingerprint density at radius 2 is 1.52 bits per heavy atom. The summed E-state index contributed by atoms with van der Waals surface area (Å²) in [6, 6.07) is 19.1. The molecule has 21 heavy (non-hydrogen) atoms. The fraction of sp³-hybridized carbons (Fsp3) is 0.333. The number of aromatic nitrogens is 3. The topological polar surface area (TPSA) is 30.7 Å². The molecule has 1 heterocycles. The van der Waals surface area contributed by atoms with Gasteiger partial charge in [-0.2, -0.15) is 0 Å². The van der Waals surface area contributed by atoms with Crippen LogP contribution < -0.4 is 0 Å². The molecule has 1 aromatic heterocycles. The number of rotatable bonds is 2. The van der Waals surface area contributed by atoms with Crippen molar-refractivity contribution in [3.63, 3.8) is 0 Å². The minimum absolute atomic E-state index is 0.0321. The van der Waals surface area contributed by atoms with Gasteiger partial charge in [-0.15, -0.1) is 5.10 Å². The van der Waals surface area contributed by atoms with Crippen molar-refractivity contribution in [3.05, 3.63) is 60.2 Å². The van der Waals surface area contributed by atoms with Crippen molar-refractivity contribution in [3.8, 4) is 0 Å². The normalized spacial score (nSPS) is 17.9.